The molecule has 1 aromatic rings. The third kappa shape index (κ3) is 3.62. The Bertz CT molecular complexity index is 568. The highest BCUT2D eigenvalue weighted by Crippen LogP contribution is 2.29. The average molecular weight is 312 g/mol. The minimum absolute atomic E-state index is 0.394. The first-order valence-electron chi connectivity index (χ1n) is 7.45. The van der Waals surface area contributed by atoms with Crippen LogP contribution >= 0.6 is 11.3 Å². The van der Waals surface area contributed by atoms with Crippen LogP contribution in [0.4, 0.5) is 0 Å². The highest BCUT2D eigenvalue weighted by molar-refractivity contribution is 7.09. The quantitative estimate of drug-likeness (QED) is 0.924. The van der Waals surface area contributed by atoms with E-state index >= 15 is 0 Å². The van der Waals surface area contributed by atoms with Gasteiger partial charge in [0.2, 0.25) is 0 Å². The lowest BCUT2D eigenvalue weighted by Gasteiger charge is -2.28. The highest BCUT2D eigenvalue weighted by atomic mass is 32.1. The first kappa shape index (κ1) is 16.4. The summed E-state index contributed by atoms with van der Waals surface area (Å²) in [6.07, 6.45) is 3.92. The Morgan fingerprint density at radius 3 is 2.67 bits per heavy atom. The molecule has 1 N–H and O–H groups in total. The fourth-order valence-corrected chi connectivity index (χ4v) is 3.67. The Kier molecular flexibility index (Phi) is 5.35. The topological polar surface area (TPSA) is 63.8 Å². The van der Waals surface area contributed by atoms with Gasteiger partial charge in [-0.25, -0.2) is 0 Å². The SMILES string of the molecule is COCCn1c(C)c(C)s/c1=N\C(=O)C1(O)CCCCC1. The van der Waals surface area contributed by atoms with Crippen molar-refractivity contribution in [2.75, 3.05) is 13.7 Å². The van der Waals surface area contributed by atoms with E-state index in [4.69, 9.17) is 4.74 Å². The summed E-state index contributed by atoms with van der Waals surface area (Å²) in [5.74, 6) is -0.394. The minimum atomic E-state index is -1.26. The number of methoxy groups -OCH3 is 1. The predicted octanol–water partition coefficient (Wildman–Crippen LogP) is 1.94. The number of hydrogen-bond donors (Lipinski definition) is 1. The van der Waals surface area contributed by atoms with Crippen molar-refractivity contribution in [3.8, 4) is 0 Å². The van der Waals surface area contributed by atoms with Crippen molar-refractivity contribution in [2.45, 2.75) is 58.1 Å². The van der Waals surface area contributed by atoms with Gasteiger partial charge in [-0.05, 0) is 26.7 Å². The molecule has 0 bridgehead atoms. The van der Waals surface area contributed by atoms with Gasteiger partial charge in [-0.2, -0.15) is 4.99 Å². The molecule has 2 rings (SSSR count). The second-order valence-corrected chi connectivity index (χ2v) is 6.86. The first-order valence-corrected chi connectivity index (χ1v) is 8.27. The van der Waals surface area contributed by atoms with Crippen molar-refractivity contribution in [3.63, 3.8) is 0 Å². The number of aliphatic hydroxyl groups is 1. The molecule has 1 fully saturated rings. The molecule has 0 aromatic carbocycles. The maximum absolute atomic E-state index is 12.4. The summed E-state index contributed by atoms with van der Waals surface area (Å²) in [6.45, 7) is 5.27. The molecule has 0 unspecified atom stereocenters. The van der Waals surface area contributed by atoms with Crippen LogP contribution in [0.3, 0.4) is 0 Å². The molecule has 1 amide bonds. The van der Waals surface area contributed by atoms with Gasteiger partial charge in [0.15, 0.2) is 4.80 Å². The normalized spacial score (nSPS) is 19.0. The van der Waals surface area contributed by atoms with E-state index in [0.29, 0.717) is 30.8 Å². The van der Waals surface area contributed by atoms with Gasteiger partial charge in [-0.3, -0.25) is 4.79 Å². The molecule has 1 aliphatic carbocycles. The molecule has 1 aliphatic rings. The van der Waals surface area contributed by atoms with Crippen molar-refractivity contribution >= 4 is 17.2 Å². The molecule has 118 valence electrons. The third-order valence-corrected chi connectivity index (χ3v) is 5.28. The summed E-state index contributed by atoms with van der Waals surface area (Å²) in [5.41, 5.74) is -0.164. The molecule has 5 nitrogen and oxygen atoms in total. The number of carbonyl (C=O) groups excluding carboxylic acids is 1. The van der Waals surface area contributed by atoms with Crippen LogP contribution in [-0.4, -0.2) is 34.9 Å². The number of aryl methyl sites for hydroxylation is 1. The molecule has 0 atom stereocenters. The molecule has 1 aromatic heterocycles. The van der Waals surface area contributed by atoms with Gasteiger partial charge in [0.25, 0.3) is 5.91 Å². The van der Waals surface area contributed by atoms with E-state index in [2.05, 4.69) is 4.99 Å². The maximum Gasteiger partial charge on any atom is 0.280 e. The number of thiazole rings is 1. The monoisotopic (exact) mass is 312 g/mol. The van der Waals surface area contributed by atoms with Crippen LogP contribution in [0, 0.1) is 13.8 Å². The van der Waals surface area contributed by atoms with Gasteiger partial charge >= 0.3 is 0 Å². The lowest BCUT2D eigenvalue weighted by Crippen LogP contribution is -2.40. The first-order chi connectivity index (χ1) is 9.98. The van der Waals surface area contributed by atoms with Gasteiger partial charge in [0, 0.05) is 24.2 Å². The zero-order valence-corrected chi connectivity index (χ0v) is 13.8. The molecule has 6 heteroatoms. The molecule has 0 saturated heterocycles. The van der Waals surface area contributed by atoms with Crippen LogP contribution in [0.5, 0.6) is 0 Å². The zero-order chi connectivity index (χ0) is 15.5. The fourth-order valence-electron chi connectivity index (χ4n) is 2.67. The Morgan fingerprint density at radius 2 is 2.05 bits per heavy atom. The van der Waals surface area contributed by atoms with Gasteiger partial charge in [-0.1, -0.05) is 19.3 Å². The number of aromatic nitrogens is 1. The van der Waals surface area contributed by atoms with E-state index in [1.165, 1.54) is 11.3 Å². The lowest BCUT2D eigenvalue weighted by atomic mass is 9.84. The van der Waals surface area contributed by atoms with Crippen LogP contribution in [0.25, 0.3) is 0 Å². The number of hydrogen-bond acceptors (Lipinski definition) is 4. The summed E-state index contributed by atoms with van der Waals surface area (Å²) >= 11 is 1.49. The van der Waals surface area contributed by atoms with E-state index < -0.39 is 11.5 Å². The molecule has 0 spiro atoms. The number of carbonyl (C=O) groups is 1. The molecule has 1 saturated carbocycles. The van der Waals surface area contributed by atoms with Crippen LogP contribution in [0.1, 0.15) is 42.7 Å². The fraction of sp³-hybridized carbons (Fsp3) is 0.733. The Labute approximate surface area is 129 Å². The lowest BCUT2D eigenvalue weighted by molar-refractivity contribution is -0.139. The van der Waals surface area contributed by atoms with Gasteiger partial charge in [0.1, 0.15) is 5.60 Å². The largest absolute Gasteiger partial charge is 0.383 e. The van der Waals surface area contributed by atoms with Crippen molar-refractivity contribution in [3.05, 3.63) is 15.4 Å². The summed E-state index contributed by atoms with van der Waals surface area (Å²) in [7, 11) is 1.65. The van der Waals surface area contributed by atoms with Crippen molar-refractivity contribution in [2.24, 2.45) is 4.99 Å². The standard InChI is InChI=1S/C15H24N2O3S/c1-11-12(2)21-14(17(11)9-10-20-3)16-13(18)15(19)7-5-4-6-8-15/h19H,4-10H2,1-3H3/b16-14-. The summed E-state index contributed by atoms with van der Waals surface area (Å²) in [6, 6.07) is 0. The van der Waals surface area contributed by atoms with Crippen LogP contribution in [0.15, 0.2) is 4.99 Å². The molecular weight excluding hydrogens is 288 g/mol. The summed E-state index contributed by atoms with van der Waals surface area (Å²) in [5, 5.41) is 10.5. The summed E-state index contributed by atoms with van der Waals surface area (Å²) < 4.78 is 7.11. The second kappa shape index (κ2) is 6.85. The Morgan fingerprint density at radius 1 is 1.38 bits per heavy atom. The van der Waals surface area contributed by atoms with E-state index in [1.807, 2.05) is 18.4 Å². The number of amides is 1. The third-order valence-electron chi connectivity index (χ3n) is 4.18. The van der Waals surface area contributed by atoms with E-state index in [0.717, 1.165) is 29.8 Å². The minimum Gasteiger partial charge on any atom is -0.383 e. The average Bonchev–Trinajstić information content (AvgIpc) is 2.72. The van der Waals surface area contributed by atoms with E-state index in [1.54, 1.807) is 7.11 Å². The van der Waals surface area contributed by atoms with Crippen LogP contribution in [0.2, 0.25) is 0 Å². The number of nitrogens with zero attached hydrogens (tertiary/aromatic N) is 2. The van der Waals surface area contributed by atoms with Gasteiger partial charge in [0.05, 0.1) is 6.61 Å². The van der Waals surface area contributed by atoms with Crippen molar-refractivity contribution in [1.29, 1.82) is 0 Å². The molecule has 0 radical (unpaired) electrons. The van der Waals surface area contributed by atoms with E-state index in [9.17, 15) is 9.90 Å². The van der Waals surface area contributed by atoms with Crippen LogP contribution in [-0.2, 0) is 16.1 Å². The molecule has 21 heavy (non-hydrogen) atoms. The van der Waals surface area contributed by atoms with Crippen LogP contribution < -0.4 is 4.80 Å². The maximum atomic E-state index is 12.4. The predicted molar refractivity (Wildman–Crippen MR) is 82.3 cm³/mol. The Balaban J connectivity index is 2.31. The highest BCUT2D eigenvalue weighted by Gasteiger charge is 2.37. The molecular formula is C15H24N2O3S. The van der Waals surface area contributed by atoms with E-state index in [-0.39, 0.29) is 0 Å². The molecule has 1 heterocycles. The number of rotatable bonds is 4. The van der Waals surface area contributed by atoms with Gasteiger partial charge in [-0.15, -0.1) is 11.3 Å². The number of ether oxygens (including phenoxy) is 1. The molecule has 0 aliphatic heterocycles. The van der Waals surface area contributed by atoms with Crippen molar-refractivity contribution in [1.82, 2.24) is 4.57 Å². The van der Waals surface area contributed by atoms with Gasteiger partial charge < -0.3 is 14.4 Å². The van der Waals surface area contributed by atoms with Crippen molar-refractivity contribution < 1.29 is 14.6 Å². The Hall–Kier alpha value is -0.980. The smallest absolute Gasteiger partial charge is 0.280 e. The second-order valence-electron chi connectivity index (χ2n) is 5.68. The summed E-state index contributed by atoms with van der Waals surface area (Å²) in [4.78, 5) is 18.4. The zero-order valence-electron chi connectivity index (χ0n) is 13.0.